The first-order chi connectivity index (χ1) is 10.3. The molecule has 2 rings (SSSR count). The first kappa shape index (κ1) is 16.2. The summed E-state index contributed by atoms with van der Waals surface area (Å²) in [5.74, 6) is -0.638. The number of rotatable bonds is 4. The van der Waals surface area contributed by atoms with Crippen LogP contribution in [0, 0.1) is 0 Å². The fourth-order valence-electron chi connectivity index (χ4n) is 1.74. The minimum Gasteiger partial charge on any atom is -0.406 e. The van der Waals surface area contributed by atoms with Gasteiger partial charge >= 0.3 is 6.36 Å². The van der Waals surface area contributed by atoms with Crippen LogP contribution in [-0.4, -0.2) is 29.1 Å². The quantitative estimate of drug-likeness (QED) is 0.936. The molecule has 9 heteroatoms. The Morgan fingerprint density at radius 1 is 1.45 bits per heavy atom. The second kappa shape index (κ2) is 6.27. The third-order valence-electron chi connectivity index (χ3n) is 2.70. The molecule has 0 bridgehead atoms. The summed E-state index contributed by atoms with van der Waals surface area (Å²) in [6.07, 6.45) is -1.87. The molecule has 1 aromatic heterocycles. The fourth-order valence-corrected chi connectivity index (χ4v) is 1.96. The van der Waals surface area contributed by atoms with Crippen molar-refractivity contribution in [2.75, 3.05) is 7.05 Å². The van der Waals surface area contributed by atoms with Gasteiger partial charge in [0.1, 0.15) is 12.3 Å². The molecule has 5 nitrogen and oxygen atoms in total. The van der Waals surface area contributed by atoms with Crippen LogP contribution in [0.4, 0.5) is 13.2 Å². The van der Waals surface area contributed by atoms with E-state index < -0.39 is 6.36 Å². The largest absolute Gasteiger partial charge is 0.573 e. The first-order valence-corrected chi connectivity index (χ1v) is 6.45. The molecule has 22 heavy (non-hydrogen) atoms. The van der Waals surface area contributed by atoms with Crippen LogP contribution < -0.4 is 10.1 Å². The molecule has 0 spiro atoms. The molecule has 0 aliphatic heterocycles. The summed E-state index contributed by atoms with van der Waals surface area (Å²) in [6.45, 7) is -0.00708. The van der Waals surface area contributed by atoms with E-state index in [0.29, 0.717) is 11.1 Å². The number of hydrogen-bond acceptors (Lipinski definition) is 3. The van der Waals surface area contributed by atoms with E-state index in [1.807, 2.05) is 0 Å². The molecule has 0 aliphatic carbocycles. The molecule has 1 amide bonds. The molecule has 1 aromatic carbocycles. The predicted molar refractivity (Wildman–Crippen MR) is 73.4 cm³/mol. The molecule has 0 fully saturated rings. The van der Waals surface area contributed by atoms with Gasteiger partial charge in [-0.25, -0.2) is 0 Å². The molecule has 0 atom stereocenters. The summed E-state index contributed by atoms with van der Waals surface area (Å²) in [5, 5.41) is 6.64. The number of ether oxygens (including phenoxy) is 1. The van der Waals surface area contributed by atoms with Crippen LogP contribution in [-0.2, 0) is 11.3 Å². The maximum absolute atomic E-state index is 12.2. The predicted octanol–water partition coefficient (Wildman–Crippen LogP) is 2.85. The molecule has 0 aliphatic rings. The van der Waals surface area contributed by atoms with Crippen molar-refractivity contribution < 1.29 is 22.7 Å². The van der Waals surface area contributed by atoms with Crippen LogP contribution >= 0.6 is 11.6 Å². The number of carbonyl (C=O) groups is 1. The van der Waals surface area contributed by atoms with Crippen molar-refractivity contribution in [3.8, 4) is 16.9 Å². The van der Waals surface area contributed by atoms with Crippen molar-refractivity contribution >= 4 is 17.5 Å². The van der Waals surface area contributed by atoms with Gasteiger partial charge in [-0.1, -0.05) is 11.6 Å². The summed E-state index contributed by atoms with van der Waals surface area (Å²) in [6, 6.07) is 3.58. The summed E-state index contributed by atoms with van der Waals surface area (Å²) in [5.41, 5.74) is 0.799. The number of nitrogens with zero attached hydrogens (tertiary/aromatic N) is 2. The average molecular weight is 334 g/mol. The summed E-state index contributed by atoms with van der Waals surface area (Å²) < 4.78 is 41.9. The van der Waals surface area contributed by atoms with E-state index in [-0.39, 0.29) is 23.2 Å². The third-order valence-corrected chi connectivity index (χ3v) is 3.03. The van der Waals surface area contributed by atoms with Gasteiger partial charge in [-0.05, 0) is 18.2 Å². The second-order valence-electron chi connectivity index (χ2n) is 4.29. The number of halogens is 4. The van der Waals surface area contributed by atoms with Gasteiger partial charge < -0.3 is 10.1 Å². The zero-order chi connectivity index (χ0) is 16.3. The maximum Gasteiger partial charge on any atom is 0.573 e. The average Bonchev–Trinajstić information content (AvgIpc) is 2.87. The van der Waals surface area contributed by atoms with Crippen LogP contribution in [0.3, 0.4) is 0 Å². The van der Waals surface area contributed by atoms with Gasteiger partial charge in [0.2, 0.25) is 5.91 Å². The van der Waals surface area contributed by atoms with Gasteiger partial charge in [0.05, 0.1) is 6.20 Å². The highest BCUT2D eigenvalue weighted by Crippen LogP contribution is 2.33. The molecular formula is C13H11ClF3N3O2. The van der Waals surface area contributed by atoms with Crippen molar-refractivity contribution in [2.45, 2.75) is 12.9 Å². The van der Waals surface area contributed by atoms with E-state index in [4.69, 9.17) is 11.6 Å². The molecule has 1 N–H and O–H groups in total. The van der Waals surface area contributed by atoms with Gasteiger partial charge in [-0.3, -0.25) is 9.48 Å². The fraction of sp³-hybridized carbons (Fsp3) is 0.231. The lowest BCUT2D eigenvalue weighted by atomic mass is 10.1. The Morgan fingerprint density at radius 2 is 2.18 bits per heavy atom. The smallest absolute Gasteiger partial charge is 0.406 e. The van der Waals surface area contributed by atoms with Crippen LogP contribution in [0.2, 0.25) is 5.02 Å². The van der Waals surface area contributed by atoms with Crippen LogP contribution in [0.15, 0.2) is 30.6 Å². The Bertz CT molecular complexity index is 685. The van der Waals surface area contributed by atoms with E-state index in [1.165, 1.54) is 30.2 Å². The zero-order valence-corrected chi connectivity index (χ0v) is 12.1. The molecule has 118 valence electrons. The normalized spacial score (nSPS) is 11.3. The Balaban J connectivity index is 2.28. The molecule has 0 unspecified atom stereocenters. The highest BCUT2D eigenvalue weighted by Gasteiger charge is 2.31. The lowest BCUT2D eigenvalue weighted by molar-refractivity contribution is -0.274. The van der Waals surface area contributed by atoms with E-state index in [1.54, 1.807) is 0 Å². The van der Waals surface area contributed by atoms with E-state index >= 15 is 0 Å². The van der Waals surface area contributed by atoms with E-state index in [2.05, 4.69) is 15.2 Å². The number of alkyl halides is 3. The Hall–Kier alpha value is -2.22. The molecule has 2 aromatic rings. The zero-order valence-electron chi connectivity index (χ0n) is 11.3. The number of aromatic nitrogens is 2. The summed E-state index contributed by atoms with van der Waals surface area (Å²) in [7, 11) is 1.49. The molecule has 0 saturated carbocycles. The van der Waals surface area contributed by atoms with Crippen LogP contribution in [0.1, 0.15) is 0 Å². The molecule has 0 radical (unpaired) electrons. The lowest BCUT2D eigenvalue weighted by Gasteiger charge is -2.10. The van der Waals surface area contributed by atoms with E-state index in [0.717, 1.165) is 12.1 Å². The summed E-state index contributed by atoms with van der Waals surface area (Å²) in [4.78, 5) is 11.3. The number of carbonyl (C=O) groups excluding carboxylic acids is 1. The van der Waals surface area contributed by atoms with Crippen molar-refractivity contribution in [3.63, 3.8) is 0 Å². The van der Waals surface area contributed by atoms with Crippen molar-refractivity contribution in [3.05, 3.63) is 35.6 Å². The third kappa shape index (κ3) is 4.14. The highest BCUT2D eigenvalue weighted by atomic mass is 35.5. The minimum atomic E-state index is -4.78. The maximum atomic E-state index is 12.2. The number of amides is 1. The SMILES string of the molecule is CNC(=O)Cn1cc(-c2cc(OC(F)(F)F)ccc2Cl)cn1. The number of nitrogens with one attached hydrogen (secondary N) is 1. The van der Waals surface area contributed by atoms with Crippen molar-refractivity contribution in [1.82, 2.24) is 15.1 Å². The number of likely N-dealkylation sites (N-methyl/N-ethyl adjacent to an activating group) is 1. The molecule has 0 saturated heterocycles. The van der Waals surface area contributed by atoms with Gasteiger partial charge in [-0.15, -0.1) is 13.2 Å². The van der Waals surface area contributed by atoms with Gasteiger partial charge in [0.15, 0.2) is 0 Å². The Morgan fingerprint density at radius 3 is 2.82 bits per heavy atom. The standard InChI is InChI=1S/C13H11ClF3N3O2/c1-18-12(21)7-20-6-8(5-19-20)10-4-9(2-3-11(10)14)22-13(15,16)17/h2-6H,7H2,1H3,(H,18,21). The highest BCUT2D eigenvalue weighted by molar-refractivity contribution is 6.33. The Kier molecular flexibility index (Phi) is 4.60. The number of benzene rings is 1. The molecule has 1 heterocycles. The monoisotopic (exact) mass is 333 g/mol. The van der Waals surface area contributed by atoms with Gasteiger partial charge in [-0.2, -0.15) is 5.10 Å². The van der Waals surface area contributed by atoms with Crippen molar-refractivity contribution in [1.29, 1.82) is 0 Å². The summed E-state index contributed by atoms with van der Waals surface area (Å²) >= 11 is 5.99. The lowest BCUT2D eigenvalue weighted by Crippen LogP contribution is -2.23. The Labute approximate surface area is 128 Å². The second-order valence-corrected chi connectivity index (χ2v) is 4.70. The number of hydrogen-bond donors (Lipinski definition) is 1. The van der Waals surface area contributed by atoms with E-state index in [9.17, 15) is 18.0 Å². The van der Waals surface area contributed by atoms with Crippen LogP contribution in [0.5, 0.6) is 5.75 Å². The topological polar surface area (TPSA) is 56.2 Å². The molecular weight excluding hydrogens is 323 g/mol. The van der Waals surface area contributed by atoms with Crippen molar-refractivity contribution in [2.24, 2.45) is 0 Å². The van der Waals surface area contributed by atoms with Gasteiger partial charge in [0.25, 0.3) is 0 Å². The van der Waals surface area contributed by atoms with Gasteiger partial charge in [0, 0.05) is 29.4 Å². The van der Waals surface area contributed by atoms with Crippen LogP contribution in [0.25, 0.3) is 11.1 Å². The minimum absolute atomic E-state index is 0.00708. The first-order valence-electron chi connectivity index (χ1n) is 6.07.